The number of nitrogens with one attached hydrogen (secondary N) is 2. The van der Waals surface area contributed by atoms with E-state index in [2.05, 4.69) is 35.1 Å². The van der Waals surface area contributed by atoms with Gasteiger partial charge in [0.2, 0.25) is 0 Å². The molecule has 0 fully saturated rings. The zero-order chi connectivity index (χ0) is 20.6. The highest BCUT2D eigenvalue weighted by Gasteiger charge is 2.29. The highest BCUT2D eigenvalue weighted by molar-refractivity contribution is 5.97. The number of hydrogen-bond donors (Lipinski definition) is 2. The third kappa shape index (κ3) is 3.94. The molecule has 6 heteroatoms. The number of hydrogen-bond acceptors (Lipinski definition) is 3. The van der Waals surface area contributed by atoms with Crippen LogP contribution in [0.4, 0.5) is 5.69 Å². The molecule has 29 heavy (non-hydrogen) atoms. The molecule has 2 aromatic heterocycles. The molecule has 6 nitrogen and oxygen atoms in total. The topological polar surface area (TPSA) is 74.0 Å². The Kier molecular flexibility index (Phi) is 5.21. The second kappa shape index (κ2) is 7.67. The monoisotopic (exact) mass is 394 g/mol. The molecule has 1 aromatic carbocycles. The van der Waals surface area contributed by atoms with E-state index in [4.69, 9.17) is 4.74 Å². The number of ether oxygens (including phenoxy) is 1. The Morgan fingerprint density at radius 1 is 1.31 bits per heavy atom. The molecule has 0 saturated heterocycles. The number of carbonyl (C=O) groups is 1. The molecule has 2 N–H and O–H groups in total. The van der Waals surface area contributed by atoms with Crippen molar-refractivity contribution in [3.05, 3.63) is 35.5 Å². The molecule has 1 aliphatic rings. The number of aromatic amines is 2. The fourth-order valence-electron chi connectivity index (χ4n) is 4.07. The first-order chi connectivity index (χ1) is 13.9. The van der Waals surface area contributed by atoms with Gasteiger partial charge in [-0.05, 0) is 49.3 Å². The highest BCUT2D eigenvalue weighted by Crippen LogP contribution is 2.38. The summed E-state index contributed by atoms with van der Waals surface area (Å²) < 4.78 is 5.38. The molecular formula is C23H30N4O2. The number of H-pyrrole nitrogens is 2. The first-order valence-corrected chi connectivity index (χ1v) is 10.4. The Balaban J connectivity index is 1.58. The van der Waals surface area contributed by atoms with Gasteiger partial charge in [0.25, 0.3) is 5.91 Å². The number of amides is 1. The standard InChI is InChI=1S/C23H30N4O2/c1-5-10-29-14-21(28)27(4)16-7-6-15-11-19(24-18(15)12-16)22-17-8-9-23(2,3)13-20(17)25-26-22/h6-7,11-12,24H,5,8-10,13-14H2,1-4H3,(H,25,26). The van der Waals surface area contributed by atoms with Crippen molar-refractivity contribution in [1.82, 2.24) is 15.2 Å². The maximum atomic E-state index is 12.3. The molecule has 154 valence electrons. The third-order valence-corrected chi connectivity index (χ3v) is 5.86. The average molecular weight is 395 g/mol. The smallest absolute Gasteiger partial charge is 0.252 e. The summed E-state index contributed by atoms with van der Waals surface area (Å²) >= 11 is 0. The van der Waals surface area contributed by atoms with Crippen molar-refractivity contribution in [1.29, 1.82) is 0 Å². The van der Waals surface area contributed by atoms with Crippen molar-refractivity contribution in [3.63, 3.8) is 0 Å². The maximum Gasteiger partial charge on any atom is 0.252 e. The van der Waals surface area contributed by atoms with Crippen molar-refractivity contribution in [3.8, 4) is 11.4 Å². The molecule has 1 aliphatic carbocycles. The number of carbonyl (C=O) groups excluding carboxylic acids is 1. The number of aromatic nitrogens is 3. The minimum atomic E-state index is -0.0476. The van der Waals surface area contributed by atoms with Gasteiger partial charge in [-0.1, -0.05) is 26.8 Å². The van der Waals surface area contributed by atoms with E-state index in [0.717, 1.165) is 47.2 Å². The first-order valence-electron chi connectivity index (χ1n) is 10.4. The van der Waals surface area contributed by atoms with Crippen molar-refractivity contribution in [2.45, 2.75) is 46.5 Å². The summed E-state index contributed by atoms with van der Waals surface area (Å²) in [4.78, 5) is 17.5. The van der Waals surface area contributed by atoms with E-state index < -0.39 is 0 Å². The summed E-state index contributed by atoms with van der Waals surface area (Å²) in [5, 5.41) is 8.99. The molecule has 3 aromatic rings. The summed E-state index contributed by atoms with van der Waals surface area (Å²) in [6.45, 7) is 7.36. The largest absolute Gasteiger partial charge is 0.372 e. The normalized spacial score (nSPS) is 15.4. The van der Waals surface area contributed by atoms with Gasteiger partial charge in [0.15, 0.2) is 0 Å². The van der Waals surface area contributed by atoms with Gasteiger partial charge >= 0.3 is 0 Å². The molecule has 0 radical (unpaired) electrons. The molecule has 0 bridgehead atoms. The highest BCUT2D eigenvalue weighted by atomic mass is 16.5. The molecule has 0 atom stereocenters. The minimum absolute atomic E-state index is 0.0476. The van der Waals surface area contributed by atoms with Crippen LogP contribution in [0.25, 0.3) is 22.3 Å². The Morgan fingerprint density at radius 2 is 2.14 bits per heavy atom. The van der Waals surface area contributed by atoms with E-state index in [-0.39, 0.29) is 12.5 Å². The second-order valence-electron chi connectivity index (χ2n) is 8.83. The molecule has 0 spiro atoms. The first kappa shape index (κ1) is 19.7. The van der Waals surface area contributed by atoms with E-state index in [1.165, 1.54) is 17.7 Å². The SMILES string of the molecule is CCCOCC(=O)N(C)c1ccc2cc(-c3n[nH]c4c3CCC(C)(C)C4)[nH]c2c1. The zero-order valence-corrected chi connectivity index (χ0v) is 17.8. The Bertz CT molecular complexity index is 1030. The summed E-state index contributed by atoms with van der Waals surface area (Å²) in [7, 11) is 1.79. The van der Waals surface area contributed by atoms with Crippen molar-refractivity contribution < 1.29 is 9.53 Å². The number of anilines is 1. The molecule has 4 rings (SSSR count). The fraction of sp³-hybridized carbons (Fsp3) is 0.478. The lowest BCUT2D eigenvalue weighted by Crippen LogP contribution is -2.30. The summed E-state index contributed by atoms with van der Waals surface area (Å²) in [6.07, 6.45) is 4.16. The quantitative estimate of drug-likeness (QED) is 0.606. The number of benzene rings is 1. The maximum absolute atomic E-state index is 12.3. The number of rotatable bonds is 6. The average Bonchev–Trinajstić information content (AvgIpc) is 3.29. The van der Waals surface area contributed by atoms with Crippen LogP contribution in [0.2, 0.25) is 0 Å². The lowest BCUT2D eigenvalue weighted by Gasteiger charge is -2.28. The summed E-state index contributed by atoms with van der Waals surface area (Å²) in [5.41, 5.74) is 6.80. The van der Waals surface area contributed by atoms with Crippen LogP contribution in [0.3, 0.4) is 0 Å². The van der Waals surface area contributed by atoms with Crippen molar-refractivity contribution in [2.24, 2.45) is 5.41 Å². The molecule has 0 unspecified atom stereocenters. The van der Waals surface area contributed by atoms with Crippen LogP contribution < -0.4 is 4.90 Å². The van der Waals surface area contributed by atoms with Gasteiger partial charge in [-0.3, -0.25) is 9.89 Å². The van der Waals surface area contributed by atoms with Crippen LogP contribution in [-0.4, -0.2) is 41.3 Å². The summed E-state index contributed by atoms with van der Waals surface area (Å²) in [5.74, 6) is -0.0476. The molecule has 0 saturated carbocycles. The lowest BCUT2D eigenvalue weighted by atomic mass is 9.76. The number of likely N-dealkylation sites (N-methyl/N-ethyl adjacent to an activating group) is 1. The van der Waals surface area contributed by atoms with Crippen LogP contribution in [0, 0.1) is 5.41 Å². The van der Waals surface area contributed by atoms with E-state index in [1.54, 1.807) is 11.9 Å². The number of fused-ring (bicyclic) bond motifs is 2. The van der Waals surface area contributed by atoms with Crippen molar-refractivity contribution in [2.75, 3.05) is 25.2 Å². The van der Waals surface area contributed by atoms with Crippen LogP contribution in [0.5, 0.6) is 0 Å². The third-order valence-electron chi connectivity index (χ3n) is 5.86. The predicted molar refractivity (Wildman–Crippen MR) is 116 cm³/mol. The van der Waals surface area contributed by atoms with E-state index in [9.17, 15) is 4.79 Å². The zero-order valence-electron chi connectivity index (χ0n) is 17.8. The Labute approximate surface area is 171 Å². The van der Waals surface area contributed by atoms with E-state index >= 15 is 0 Å². The van der Waals surface area contributed by atoms with Crippen LogP contribution >= 0.6 is 0 Å². The van der Waals surface area contributed by atoms with Gasteiger partial charge in [-0.2, -0.15) is 5.10 Å². The second-order valence-corrected chi connectivity index (χ2v) is 8.83. The number of nitrogens with zero attached hydrogens (tertiary/aromatic N) is 2. The van der Waals surface area contributed by atoms with Gasteiger partial charge in [-0.15, -0.1) is 0 Å². The molecular weight excluding hydrogens is 364 g/mol. The van der Waals surface area contributed by atoms with E-state index in [1.807, 2.05) is 25.1 Å². The molecule has 0 aliphatic heterocycles. The van der Waals surface area contributed by atoms with Crippen LogP contribution in [0.1, 0.15) is 44.9 Å². The van der Waals surface area contributed by atoms with E-state index in [0.29, 0.717) is 12.0 Å². The van der Waals surface area contributed by atoms with Crippen LogP contribution in [0.15, 0.2) is 24.3 Å². The minimum Gasteiger partial charge on any atom is -0.372 e. The van der Waals surface area contributed by atoms with Gasteiger partial charge in [0.1, 0.15) is 12.3 Å². The van der Waals surface area contributed by atoms with Gasteiger partial charge < -0.3 is 14.6 Å². The molecule has 2 heterocycles. The summed E-state index contributed by atoms with van der Waals surface area (Å²) in [6, 6.07) is 8.17. The van der Waals surface area contributed by atoms with Crippen LogP contribution in [-0.2, 0) is 22.4 Å². The van der Waals surface area contributed by atoms with Crippen molar-refractivity contribution >= 4 is 22.5 Å². The molecule has 1 amide bonds. The van der Waals surface area contributed by atoms with Gasteiger partial charge in [-0.25, -0.2) is 0 Å². The van der Waals surface area contributed by atoms with Gasteiger partial charge in [0.05, 0.1) is 5.69 Å². The Hall–Kier alpha value is -2.60. The fourth-order valence-corrected chi connectivity index (χ4v) is 4.07. The lowest BCUT2D eigenvalue weighted by molar-refractivity contribution is -0.122. The predicted octanol–water partition coefficient (Wildman–Crippen LogP) is 4.46. The Morgan fingerprint density at radius 3 is 2.93 bits per heavy atom. The van der Waals surface area contributed by atoms with Gasteiger partial charge in [0, 0.05) is 41.5 Å².